The minimum atomic E-state index is -1.14. The fourth-order valence-electron chi connectivity index (χ4n) is 11.2. The summed E-state index contributed by atoms with van der Waals surface area (Å²) in [5, 5.41) is 33.9. The molecule has 0 radical (unpaired) electrons. The summed E-state index contributed by atoms with van der Waals surface area (Å²) < 4.78 is 6.24. The average molecular weight is 1380 g/mol. The average Bonchev–Trinajstić information content (AvgIpc) is 1.68. The van der Waals surface area contributed by atoms with Crippen LogP contribution >= 0.6 is 56.7 Å². The van der Waals surface area contributed by atoms with E-state index in [1.165, 1.54) is 64.3 Å². The molecule has 95 heavy (non-hydrogen) atoms. The van der Waals surface area contributed by atoms with Crippen molar-refractivity contribution in [2.75, 3.05) is 13.1 Å². The lowest BCUT2D eigenvalue weighted by atomic mass is 10.0. The molecular formula is C63H58N16O11S5. The van der Waals surface area contributed by atoms with Crippen LogP contribution in [0, 0.1) is 6.92 Å². The van der Waals surface area contributed by atoms with Gasteiger partial charge in [0.05, 0.1) is 41.5 Å². The first kappa shape index (κ1) is 64.8. The van der Waals surface area contributed by atoms with Crippen LogP contribution in [-0.2, 0) is 36.8 Å². The Kier molecular flexibility index (Phi) is 18.9. The minimum absolute atomic E-state index is 0.00740. The van der Waals surface area contributed by atoms with Crippen LogP contribution in [-0.4, -0.2) is 134 Å². The smallest absolute Gasteiger partial charge is 0.275 e. The number of hydrogen-bond acceptors (Lipinski definition) is 23. The fourth-order valence-corrected chi connectivity index (χ4v) is 15.4. The van der Waals surface area contributed by atoms with E-state index in [1.807, 2.05) is 35.7 Å². The van der Waals surface area contributed by atoms with Crippen LogP contribution in [0.5, 0.6) is 5.75 Å². The summed E-state index contributed by atoms with van der Waals surface area (Å²) in [5.41, 5.74) is 13.6. The van der Waals surface area contributed by atoms with Gasteiger partial charge < -0.3 is 57.4 Å². The molecule has 3 aliphatic heterocycles. The number of rotatable bonds is 13. The molecule has 3 aliphatic rings. The van der Waals surface area contributed by atoms with Gasteiger partial charge in [-0.1, -0.05) is 49.0 Å². The number of thiazole rings is 5. The number of nitrogens with one attached hydrogen (secondary N) is 5. The molecule has 6 atom stereocenters. The van der Waals surface area contributed by atoms with E-state index in [0.717, 1.165) is 39.6 Å². The fraction of sp³-hybridized carbons (Fsp3) is 0.270. The molecule has 2 fully saturated rings. The van der Waals surface area contributed by atoms with Gasteiger partial charge in [0.1, 0.15) is 88.8 Å². The van der Waals surface area contributed by atoms with Crippen LogP contribution in [0.25, 0.3) is 44.2 Å². The first-order valence-electron chi connectivity index (χ1n) is 29.7. The van der Waals surface area contributed by atoms with E-state index >= 15 is 4.79 Å². The van der Waals surface area contributed by atoms with Gasteiger partial charge in [-0.05, 0) is 81.3 Å². The number of primary amides is 2. The lowest BCUT2D eigenvalue weighted by Gasteiger charge is -2.28. The molecule has 0 aliphatic carbocycles. The molecule has 0 saturated carbocycles. The summed E-state index contributed by atoms with van der Waals surface area (Å²) in [5.74, 6) is -5.94. The molecule has 2 aromatic carbocycles. The van der Waals surface area contributed by atoms with Crippen molar-refractivity contribution in [3.05, 3.63) is 161 Å². The van der Waals surface area contributed by atoms with Crippen molar-refractivity contribution in [2.45, 2.75) is 95.0 Å². The number of oxazole rings is 1. The monoisotopic (exact) mass is 1370 g/mol. The number of amides is 9. The standard InChI is InChI=1S/C63H58N16O11S5/c1-29(51(83)67-30(2)62(88)78-19-7-11-45(78)50(65)82)66-52(84)41-25-92-57(73-41)36-18-17-35-49(68-36)40-24-91-60(72-40)44-28-95-61(76-44)46-12-8-20-79(46)63(89)39(22-33-13-15-34(80)16-14-33)71-54(86)43-27-93-58(74-43)37(21-32-9-5-4-6-10-32)69-53(85)42-26-94-59(75-42)38(23-47(64)81)70-55(87)48-31(3)90-56(35)77-48/h4-6,9-10,13-18,24-28,30,37-39,45-46,80H,1,7-8,11-12,19-23H2,2-3H3,(H2,64,81)(H2,65,82)(H,66,84)(H,67,83)(H,69,85)(H,70,87)(H,71,86)/t30-,37-,38-,39-,45-,46-/m0/s1. The van der Waals surface area contributed by atoms with Crippen LogP contribution in [0.1, 0.15) is 131 Å². The lowest BCUT2D eigenvalue weighted by Crippen LogP contribution is -2.52. The second kappa shape index (κ2) is 27.7. The minimum Gasteiger partial charge on any atom is -0.508 e. The Morgan fingerprint density at radius 3 is 2.01 bits per heavy atom. The third-order valence-corrected chi connectivity index (χ3v) is 20.5. The number of carbonyl (C=O) groups excluding carboxylic acids is 9. The summed E-state index contributed by atoms with van der Waals surface area (Å²) in [6.07, 6.45) is 2.09. The van der Waals surface area contributed by atoms with Gasteiger partial charge in [0.2, 0.25) is 29.5 Å². The van der Waals surface area contributed by atoms with Gasteiger partial charge in [0.15, 0.2) is 5.69 Å². The summed E-state index contributed by atoms with van der Waals surface area (Å²) in [6, 6.07) is 13.6. The van der Waals surface area contributed by atoms with Crippen LogP contribution < -0.4 is 38.1 Å². The number of phenolic OH excluding ortho intramolecular Hbond substituents is 1. The molecule has 12 rings (SSSR count). The van der Waals surface area contributed by atoms with Gasteiger partial charge in [0.25, 0.3) is 29.5 Å². The Balaban J connectivity index is 0.879. The van der Waals surface area contributed by atoms with Crippen LogP contribution in [0.2, 0.25) is 0 Å². The first-order chi connectivity index (χ1) is 45.7. The van der Waals surface area contributed by atoms with Crippen LogP contribution in [0.4, 0.5) is 0 Å². The molecular weight excluding hydrogens is 1320 g/mol. The summed E-state index contributed by atoms with van der Waals surface area (Å²) in [6.45, 7) is 7.33. The number of hydrogen-bond donors (Lipinski definition) is 8. The SMILES string of the molecule is C=C(NC(=O)c1csc(-c2ccc3c(n2)-c2csc(n2)-c2csc(n2)[C@@H]2CCCN2C(=O)[C@H](Cc2ccc(O)cc2)NC(=O)c2csc(n2)[C@H](Cc2ccccc2)NC(=O)c2csc(n2)[C@H](CC(N)=O)NC(=O)c2nc-3oc2C)n1)C(=O)N[C@@H](C)C(=O)N1CCC[C@H]1C(N)=O. The molecule has 9 amide bonds. The highest BCUT2D eigenvalue weighted by molar-refractivity contribution is 7.14. The highest BCUT2D eigenvalue weighted by atomic mass is 32.1. The summed E-state index contributed by atoms with van der Waals surface area (Å²) >= 11 is 5.81. The highest BCUT2D eigenvalue weighted by Gasteiger charge is 2.39. The van der Waals surface area contributed by atoms with Crippen molar-refractivity contribution >= 4 is 110 Å². The third-order valence-electron chi connectivity index (χ3n) is 15.9. The molecule has 10 N–H and O–H groups in total. The Morgan fingerprint density at radius 1 is 0.663 bits per heavy atom. The molecule has 0 unspecified atom stereocenters. The van der Waals surface area contributed by atoms with Gasteiger partial charge >= 0.3 is 0 Å². The zero-order valence-electron chi connectivity index (χ0n) is 50.5. The molecule has 486 valence electrons. The lowest BCUT2D eigenvalue weighted by molar-refractivity contribution is -0.139. The van der Waals surface area contributed by atoms with Crippen molar-refractivity contribution in [2.24, 2.45) is 11.5 Å². The van der Waals surface area contributed by atoms with E-state index in [4.69, 9.17) is 35.8 Å². The van der Waals surface area contributed by atoms with E-state index in [9.17, 15) is 43.5 Å². The van der Waals surface area contributed by atoms with E-state index in [1.54, 1.807) is 39.9 Å². The van der Waals surface area contributed by atoms with Gasteiger partial charge in [-0.2, -0.15) is 0 Å². The molecule has 7 aromatic heterocycles. The highest BCUT2D eigenvalue weighted by Crippen LogP contribution is 2.40. The Morgan fingerprint density at radius 2 is 1.28 bits per heavy atom. The van der Waals surface area contributed by atoms with Crippen molar-refractivity contribution in [3.63, 3.8) is 0 Å². The Bertz CT molecular complexity index is 4500. The quantitative estimate of drug-likeness (QED) is 0.0584. The number of aromatic nitrogens is 7. The normalized spacial score (nSPS) is 18.6. The predicted octanol–water partition coefficient (Wildman–Crippen LogP) is 6.34. The molecule has 9 aromatic rings. The number of carbonyl (C=O) groups is 9. The largest absolute Gasteiger partial charge is 0.508 e. The zero-order valence-corrected chi connectivity index (χ0v) is 54.6. The number of fused-ring (bicyclic) bond motifs is 16. The maximum Gasteiger partial charge on any atom is 0.275 e. The van der Waals surface area contributed by atoms with Crippen LogP contribution in [0.15, 0.2) is 110 Å². The Hall–Kier alpha value is -10.3. The second-order valence-corrected chi connectivity index (χ2v) is 26.9. The maximum absolute atomic E-state index is 15.0. The van der Waals surface area contributed by atoms with Crippen molar-refractivity contribution < 1.29 is 52.7 Å². The number of nitrogens with zero attached hydrogens (tertiary/aromatic N) is 9. The number of benzene rings is 2. The summed E-state index contributed by atoms with van der Waals surface area (Å²) in [7, 11) is 0. The number of aryl methyl sites for hydroxylation is 1. The van der Waals surface area contributed by atoms with E-state index in [2.05, 4.69) is 48.1 Å². The Labute approximate surface area is 560 Å². The van der Waals surface area contributed by atoms with Crippen molar-refractivity contribution in [1.29, 1.82) is 0 Å². The first-order valence-corrected chi connectivity index (χ1v) is 34.1. The number of aromatic hydroxyl groups is 1. The zero-order chi connectivity index (χ0) is 66.8. The topological polar surface area (TPSA) is 396 Å². The molecule has 10 heterocycles. The molecule has 27 nitrogen and oxygen atoms in total. The second-order valence-electron chi connectivity index (χ2n) is 22.5. The van der Waals surface area contributed by atoms with E-state index in [-0.39, 0.29) is 91.6 Å². The predicted molar refractivity (Wildman–Crippen MR) is 351 cm³/mol. The van der Waals surface area contributed by atoms with Gasteiger partial charge in [0, 0.05) is 46.4 Å². The van der Waals surface area contributed by atoms with E-state index in [0.29, 0.717) is 70.7 Å². The molecule has 32 heteroatoms. The molecule has 2 saturated heterocycles. The van der Waals surface area contributed by atoms with Crippen molar-refractivity contribution in [1.82, 2.24) is 71.3 Å². The number of nitrogens with two attached hydrogens (primary N) is 2. The molecule has 0 spiro atoms. The third kappa shape index (κ3) is 14.3. The summed E-state index contributed by atoms with van der Waals surface area (Å²) in [4.78, 5) is 159. The maximum atomic E-state index is 15.0. The van der Waals surface area contributed by atoms with Gasteiger partial charge in [-0.15, -0.1) is 56.7 Å². The van der Waals surface area contributed by atoms with Gasteiger partial charge in [-0.25, -0.2) is 34.9 Å². The number of phenols is 1. The molecule has 10 bridgehead atoms. The number of likely N-dealkylation sites (tertiary alicyclic amines) is 1. The van der Waals surface area contributed by atoms with Crippen molar-refractivity contribution in [3.8, 4) is 50.0 Å². The van der Waals surface area contributed by atoms with E-state index < -0.39 is 89.9 Å². The number of pyridine rings is 1. The van der Waals surface area contributed by atoms with Gasteiger partial charge in [-0.3, -0.25) is 43.2 Å². The van der Waals surface area contributed by atoms with Crippen LogP contribution in [0.3, 0.4) is 0 Å².